The van der Waals surface area contributed by atoms with E-state index in [0.717, 1.165) is 51.0 Å². The van der Waals surface area contributed by atoms with Crippen LogP contribution in [0, 0.1) is 11.8 Å². The van der Waals surface area contributed by atoms with Crippen LogP contribution in [-0.2, 0) is 5.41 Å². The average molecular weight is 803 g/mol. The molecule has 0 heterocycles. The van der Waals surface area contributed by atoms with Gasteiger partial charge in [0.25, 0.3) is 0 Å². The predicted molar refractivity (Wildman–Crippen MR) is 278 cm³/mol. The fraction of sp³-hybridized carbons (Fsp3) is 0.179. The third kappa shape index (κ3) is 6.14. The molecule has 1 nitrogen and oxygen atoms in total. The van der Waals surface area contributed by atoms with Crippen molar-refractivity contribution in [3.05, 3.63) is 156 Å². The Hall–Kier alpha value is -5.73. The van der Waals surface area contributed by atoms with E-state index >= 15 is 0 Å². The minimum Gasteiger partial charge on any atom is -0.311 e. The SMILES string of the molecule is [B]c1c([B])c([B])c2c(c1[B])-c1c([B])c([B])c(N(c3ccc(-c4ccc(C5CC6CCC5C6)c5cccc(-c6ccccc6)c45)cc3)c3ccccc3-c3ccccc3)c([B])c1C2(C)C. The molecule has 11 rings (SSSR count). The largest absolute Gasteiger partial charge is 0.311 e. The Morgan fingerprint density at radius 2 is 1.03 bits per heavy atom. The van der Waals surface area contributed by atoms with Gasteiger partial charge >= 0.3 is 0 Å². The van der Waals surface area contributed by atoms with Gasteiger partial charge in [-0.25, -0.2) is 0 Å². The first kappa shape index (κ1) is 41.0. The highest BCUT2D eigenvalue weighted by Crippen LogP contribution is 2.55. The summed E-state index contributed by atoms with van der Waals surface area (Å²) in [7, 11) is 48.5. The van der Waals surface area contributed by atoms with Crippen LogP contribution in [-0.4, -0.2) is 54.9 Å². The van der Waals surface area contributed by atoms with Crippen LogP contribution in [0.15, 0.2) is 140 Å². The van der Waals surface area contributed by atoms with Crippen molar-refractivity contribution < 1.29 is 0 Å². The minimum atomic E-state index is -0.762. The smallest absolute Gasteiger partial charge is 0.117 e. The molecule has 14 radical (unpaired) electrons. The van der Waals surface area contributed by atoms with Crippen molar-refractivity contribution >= 4 is 121 Å². The molecule has 8 aromatic rings. The number of hydrogen-bond donors (Lipinski definition) is 0. The molecule has 3 unspecified atom stereocenters. The summed E-state index contributed by atoms with van der Waals surface area (Å²) in [6.45, 7) is 4.12. The topological polar surface area (TPSA) is 3.24 Å². The van der Waals surface area contributed by atoms with E-state index in [1.165, 1.54) is 58.7 Å². The first-order valence-corrected chi connectivity index (χ1v) is 22.4. The van der Waals surface area contributed by atoms with Gasteiger partial charge in [-0.1, -0.05) is 169 Å². The molecule has 0 saturated heterocycles. The summed E-state index contributed by atoms with van der Waals surface area (Å²) < 4.78 is 0. The van der Waals surface area contributed by atoms with Crippen LogP contribution < -0.4 is 43.1 Å². The standard InChI is InChI=1S/C56H40B7N/c1-56(2)46-44(48(57)52(61)53(62)50(46)59)45-47(56)51(60)55(54(63)49(45)58)64(42-19-10-9-16-36(42)31-12-5-3-6-13-31)35-24-22-33(23-25-35)38-26-27-39(41-29-30-20-21-34(41)28-30)40-18-11-17-37(43(38)40)32-14-7-4-8-15-32/h3-19,22-27,30,34,41H,20-21,28-29H2,1-2H3. The molecule has 2 saturated carbocycles. The molecule has 0 N–H and O–H groups in total. The highest BCUT2D eigenvalue weighted by Gasteiger charge is 2.43. The zero-order chi connectivity index (χ0) is 44.2. The third-order valence-corrected chi connectivity index (χ3v) is 14.9. The van der Waals surface area contributed by atoms with E-state index in [-0.39, 0.29) is 10.9 Å². The first-order valence-electron chi connectivity index (χ1n) is 22.4. The number of benzene rings is 8. The van der Waals surface area contributed by atoms with Gasteiger partial charge < -0.3 is 4.90 Å². The van der Waals surface area contributed by atoms with E-state index in [1.807, 2.05) is 30.3 Å². The lowest BCUT2D eigenvalue weighted by atomic mass is 9.61. The van der Waals surface area contributed by atoms with Gasteiger partial charge in [0.15, 0.2) is 0 Å². The van der Waals surface area contributed by atoms with E-state index in [2.05, 4.69) is 128 Å². The van der Waals surface area contributed by atoms with Crippen molar-refractivity contribution in [1.82, 2.24) is 0 Å². The fourth-order valence-corrected chi connectivity index (χ4v) is 12.0. The maximum atomic E-state index is 7.52. The van der Waals surface area contributed by atoms with Crippen LogP contribution in [0.1, 0.15) is 62.1 Å². The van der Waals surface area contributed by atoms with Crippen LogP contribution in [0.3, 0.4) is 0 Å². The fourth-order valence-electron chi connectivity index (χ4n) is 12.0. The minimum absolute atomic E-state index is 0.211. The summed E-state index contributed by atoms with van der Waals surface area (Å²) >= 11 is 0. The second kappa shape index (κ2) is 15.5. The lowest BCUT2D eigenvalue weighted by molar-refractivity contribution is 0.422. The van der Waals surface area contributed by atoms with Crippen molar-refractivity contribution in [2.75, 3.05) is 4.90 Å². The summed E-state index contributed by atoms with van der Waals surface area (Å²) in [6, 6.07) is 49.8. The van der Waals surface area contributed by atoms with Crippen molar-refractivity contribution in [1.29, 1.82) is 0 Å². The van der Waals surface area contributed by atoms with Gasteiger partial charge in [-0.3, -0.25) is 0 Å². The van der Waals surface area contributed by atoms with Crippen LogP contribution in [0.5, 0.6) is 0 Å². The Morgan fingerprint density at radius 3 is 1.69 bits per heavy atom. The molecule has 2 fully saturated rings. The lowest BCUT2D eigenvalue weighted by Gasteiger charge is -2.35. The molecule has 3 aliphatic rings. The molecule has 290 valence electrons. The number of fused-ring (bicyclic) bond motifs is 6. The van der Waals surface area contributed by atoms with Crippen molar-refractivity contribution in [3.8, 4) is 44.5 Å². The maximum absolute atomic E-state index is 7.52. The maximum Gasteiger partial charge on any atom is 0.117 e. The molecule has 2 bridgehead atoms. The van der Waals surface area contributed by atoms with Crippen molar-refractivity contribution in [3.63, 3.8) is 0 Å². The summed E-state index contributed by atoms with van der Waals surface area (Å²) in [4.78, 5) is 2.15. The number of para-hydroxylation sites is 1. The monoisotopic (exact) mass is 803 g/mol. The molecule has 0 aliphatic heterocycles. The van der Waals surface area contributed by atoms with Gasteiger partial charge in [-0.05, 0) is 122 Å². The Balaban J connectivity index is 1.13. The number of nitrogens with zero attached hydrogens (tertiary/aromatic N) is 1. The van der Waals surface area contributed by atoms with E-state index < -0.39 is 5.41 Å². The number of rotatable bonds is 7. The molecule has 0 amide bonds. The second-order valence-electron chi connectivity index (χ2n) is 18.7. The van der Waals surface area contributed by atoms with Crippen LogP contribution >= 0.6 is 0 Å². The summed E-state index contributed by atoms with van der Waals surface area (Å²) in [6.07, 6.45) is 5.36. The quantitative estimate of drug-likeness (QED) is 0.156. The van der Waals surface area contributed by atoms with Gasteiger partial charge in [0.05, 0.1) is 5.69 Å². The van der Waals surface area contributed by atoms with Crippen molar-refractivity contribution in [2.24, 2.45) is 11.8 Å². The van der Waals surface area contributed by atoms with Gasteiger partial charge in [0.2, 0.25) is 0 Å². The van der Waals surface area contributed by atoms with E-state index in [1.54, 1.807) is 0 Å². The molecular formula is C56H40B7N. The van der Waals surface area contributed by atoms with Crippen LogP contribution in [0.25, 0.3) is 55.3 Å². The third-order valence-electron chi connectivity index (χ3n) is 14.9. The zero-order valence-corrected chi connectivity index (χ0v) is 36.3. The van der Waals surface area contributed by atoms with Crippen molar-refractivity contribution in [2.45, 2.75) is 50.9 Å². The Kier molecular flexibility index (Phi) is 9.91. The van der Waals surface area contributed by atoms with E-state index in [0.29, 0.717) is 50.0 Å². The van der Waals surface area contributed by atoms with E-state index in [9.17, 15) is 0 Å². The Bertz CT molecular complexity index is 3180. The summed E-state index contributed by atoms with van der Waals surface area (Å²) in [5, 5.41) is 2.64. The van der Waals surface area contributed by atoms with Crippen LogP contribution in [0.2, 0.25) is 0 Å². The highest BCUT2D eigenvalue weighted by molar-refractivity contribution is 6.65. The number of hydrogen-bond acceptors (Lipinski definition) is 1. The van der Waals surface area contributed by atoms with Crippen LogP contribution in [0.4, 0.5) is 17.1 Å². The van der Waals surface area contributed by atoms with Gasteiger partial charge in [0, 0.05) is 22.4 Å². The molecule has 3 aliphatic carbocycles. The Morgan fingerprint density at radius 1 is 0.469 bits per heavy atom. The zero-order valence-electron chi connectivity index (χ0n) is 36.3. The normalized spacial score (nSPS) is 18.0. The van der Waals surface area contributed by atoms with Gasteiger partial charge in [-0.15, -0.1) is 10.9 Å². The van der Waals surface area contributed by atoms with Gasteiger partial charge in [-0.2, -0.15) is 0 Å². The lowest BCUT2D eigenvalue weighted by Crippen LogP contribution is -2.51. The molecule has 64 heavy (non-hydrogen) atoms. The molecular weight excluding hydrogens is 762 g/mol. The first-order chi connectivity index (χ1) is 31.0. The molecule has 8 heteroatoms. The van der Waals surface area contributed by atoms with Gasteiger partial charge in [0.1, 0.15) is 54.9 Å². The summed E-state index contributed by atoms with van der Waals surface area (Å²) in [5.41, 5.74) is 14.8. The second-order valence-corrected chi connectivity index (χ2v) is 18.7. The molecule has 0 spiro atoms. The average Bonchev–Trinajstić information content (AvgIpc) is 4.03. The summed E-state index contributed by atoms with van der Waals surface area (Å²) in [5.74, 6) is 2.21. The molecule has 0 aromatic heterocycles. The highest BCUT2D eigenvalue weighted by atomic mass is 15.1. The van der Waals surface area contributed by atoms with E-state index in [4.69, 9.17) is 54.9 Å². The predicted octanol–water partition coefficient (Wildman–Crippen LogP) is 7.08. The molecule has 3 atom stereocenters. The Labute approximate surface area is 387 Å². The number of anilines is 3. The molecule has 8 aromatic carbocycles.